The highest BCUT2D eigenvalue weighted by molar-refractivity contribution is 8.02. The maximum Gasteiger partial charge on any atom is 0.311 e. The molecule has 1 spiro atoms. The zero-order valence-corrected chi connectivity index (χ0v) is 23.8. The van der Waals surface area contributed by atoms with E-state index in [1.807, 2.05) is 78.9 Å². The molecule has 2 fully saturated rings. The molecule has 4 heterocycles. The summed E-state index contributed by atoms with van der Waals surface area (Å²) in [5, 5.41) is 10.4. The SMILES string of the molecule is O=C1OCCCC/C=C\[C@H]2S[C@]34C=CCN(Cc5ccccc5)C(=O)C3N([C@@H](CO)Cc3ccccc3)C(=O)[C@@H]4[C@@H]12. The standard InChI is InChI=1S/C33H36N2O5S/c36-22-25(20-23-12-5-3-6-13-23)35-29-31(38)34(21-24-14-7-4-8-15-24)18-11-17-33(29)28(30(35)37)27-26(41-33)16-9-1-2-10-19-40-32(27)39/h3-9,11-17,25-29,36H,1-2,10,18-22H2/b16-9-/t25-,26-,27+,28+,29?,33+/m1/s1. The lowest BCUT2D eigenvalue weighted by Crippen LogP contribution is -2.56. The fraction of sp³-hybridized carbons (Fsp3) is 0.424. The van der Waals surface area contributed by atoms with Crippen molar-refractivity contribution in [2.45, 2.75) is 54.3 Å². The van der Waals surface area contributed by atoms with Crippen molar-refractivity contribution >= 4 is 29.5 Å². The smallest absolute Gasteiger partial charge is 0.311 e. The lowest BCUT2D eigenvalue weighted by molar-refractivity contribution is -0.153. The molecule has 7 nitrogen and oxygen atoms in total. The Morgan fingerprint density at radius 1 is 0.951 bits per heavy atom. The summed E-state index contributed by atoms with van der Waals surface area (Å²) in [5.41, 5.74) is 1.97. The van der Waals surface area contributed by atoms with Crippen LogP contribution in [0.3, 0.4) is 0 Å². The zero-order valence-electron chi connectivity index (χ0n) is 23.0. The van der Waals surface area contributed by atoms with Gasteiger partial charge in [0.25, 0.3) is 0 Å². The van der Waals surface area contributed by atoms with E-state index in [2.05, 4.69) is 6.08 Å². The van der Waals surface area contributed by atoms with Crippen molar-refractivity contribution in [1.82, 2.24) is 9.80 Å². The van der Waals surface area contributed by atoms with E-state index in [1.54, 1.807) is 21.6 Å². The molecule has 1 unspecified atom stereocenters. The molecular formula is C33H36N2O5S. The minimum atomic E-state index is -0.948. The van der Waals surface area contributed by atoms with E-state index >= 15 is 0 Å². The van der Waals surface area contributed by atoms with Crippen molar-refractivity contribution in [2.75, 3.05) is 19.8 Å². The molecule has 214 valence electrons. The molecular weight excluding hydrogens is 536 g/mol. The highest BCUT2D eigenvalue weighted by Crippen LogP contribution is 2.61. The molecule has 6 atom stereocenters. The number of thioether (sulfide) groups is 1. The Balaban J connectivity index is 1.43. The van der Waals surface area contributed by atoms with E-state index in [0.717, 1.165) is 30.4 Å². The Morgan fingerprint density at radius 3 is 2.41 bits per heavy atom. The summed E-state index contributed by atoms with van der Waals surface area (Å²) < 4.78 is 4.77. The molecule has 2 aromatic carbocycles. The first-order valence-electron chi connectivity index (χ1n) is 14.5. The Hall–Kier alpha value is -3.36. The lowest BCUT2D eigenvalue weighted by atomic mass is 9.78. The number of allylic oxidation sites excluding steroid dienone is 1. The van der Waals surface area contributed by atoms with Gasteiger partial charge in [0, 0.05) is 18.3 Å². The van der Waals surface area contributed by atoms with Gasteiger partial charge in [0.2, 0.25) is 11.8 Å². The molecule has 0 aliphatic carbocycles. The number of carbonyl (C=O) groups excluding carboxylic acids is 3. The number of rotatable bonds is 6. The first-order valence-corrected chi connectivity index (χ1v) is 15.4. The van der Waals surface area contributed by atoms with Gasteiger partial charge in [-0.3, -0.25) is 14.4 Å². The fourth-order valence-electron chi connectivity index (χ4n) is 6.88. The molecule has 8 heteroatoms. The molecule has 2 aromatic rings. The molecule has 2 amide bonds. The van der Waals surface area contributed by atoms with Crippen LogP contribution in [0.25, 0.3) is 0 Å². The van der Waals surface area contributed by atoms with Gasteiger partial charge in [0.15, 0.2) is 0 Å². The Morgan fingerprint density at radius 2 is 1.68 bits per heavy atom. The lowest BCUT2D eigenvalue weighted by Gasteiger charge is -2.38. The first kappa shape index (κ1) is 27.8. The van der Waals surface area contributed by atoms with Crippen molar-refractivity contribution in [3.05, 3.63) is 96.1 Å². The number of fused-ring (bicyclic) bond motifs is 2. The summed E-state index contributed by atoms with van der Waals surface area (Å²) >= 11 is 1.54. The van der Waals surface area contributed by atoms with E-state index < -0.39 is 28.7 Å². The third-order valence-electron chi connectivity index (χ3n) is 8.76. The van der Waals surface area contributed by atoms with Gasteiger partial charge < -0.3 is 19.6 Å². The van der Waals surface area contributed by atoms with E-state index in [1.165, 1.54) is 0 Å². The summed E-state index contributed by atoms with van der Waals surface area (Å²) in [6.07, 6.45) is 11.1. The number of cyclic esters (lactones) is 1. The van der Waals surface area contributed by atoms with E-state index in [4.69, 9.17) is 4.74 Å². The normalized spacial score (nSPS) is 31.1. The highest BCUT2D eigenvalue weighted by atomic mass is 32.2. The second-order valence-electron chi connectivity index (χ2n) is 11.3. The van der Waals surface area contributed by atoms with Crippen LogP contribution in [0.15, 0.2) is 85.0 Å². The third-order valence-corrected chi connectivity index (χ3v) is 10.5. The summed E-state index contributed by atoms with van der Waals surface area (Å²) in [7, 11) is 0. The van der Waals surface area contributed by atoms with Crippen LogP contribution < -0.4 is 0 Å². The third kappa shape index (κ3) is 5.12. The van der Waals surface area contributed by atoms with Gasteiger partial charge in [0.05, 0.1) is 35.8 Å². The topological polar surface area (TPSA) is 87.2 Å². The zero-order chi connectivity index (χ0) is 28.4. The maximum atomic E-state index is 14.6. The number of benzene rings is 2. The number of esters is 1. The minimum Gasteiger partial charge on any atom is -0.465 e. The van der Waals surface area contributed by atoms with Crippen LogP contribution in [-0.4, -0.2) is 74.5 Å². The average molecular weight is 573 g/mol. The summed E-state index contributed by atoms with van der Waals surface area (Å²) in [6.45, 7) is 0.845. The molecule has 1 N–H and O–H groups in total. The van der Waals surface area contributed by atoms with E-state index in [0.29, 0.717) is 26.1 Å². The number of aliphatic hydroxyl groups is 1. The molecule has 0 radical (unpaired) electrons. The van der Waals surface area contributed by atoms with Crippen molar-refractivity contribution in [3.63, 3.8) is 0 Å². The van der Waals surface area contributed by atoms with Crippen LogP contribution in [-0.2, 0) is 32.1 Å². The van der Waals surface area contributed by atoms with Crippen LogP contribution in [0.1, 0.15) is 30.4 Å². The van der Waals surface area contributed by atoms with Gasteiger partial charge in [-0.25, -0.2) is 0 Å². The van der Waals surface area contributed by atoms with E-state index in [9.17, 15) is 19.5 Å². The summed E-state index contributed by atoms with van der Waals surface area (Å²) in [5.74, 6) is -2.26. The predicted molar refractivity (Wildman–Crippen MR) is 158 cm³/mol. The Kier molecular flexibility index (Phi) is 8.04. The summed E-state index contributed by atoms with van der Waals surface area (Å²) in [6, 6.07) is 18.1. The van der Waals surface area contributed by atoms with Crippen LogP contribution >= 0.6 is 11.8 Å². The number of nitrogens with zero attached hydrogens (tertiary/aromatic N) is 2. The number of hydrogen-bond donors (Lipinski definition) is 1. The molecule has 2 saturated heterocycles. The number of likely N-dealkylation sites (tertiary alicyclic amines) is 1. The first-order chi connectivity index (χ1) is 20.0. The second kappa shape index (κ2) is 11.9. The maximum absolute atomic E-state index is 14.6. The number of amides is 2. The van der Waals surface area contributed by atoms with Crippen LogP contribution in [0, 0.1) is 11.8 Å². The highest BCUT2D eigenvalue weighted by Gasteiger charge is 2.71. The molecule has 0 bridgehead atoms. The van der Waals surface area contributed by atoms with Crippen LogP contribution in [0.5, 0.6) is 0 Å². The van der Waals surface area contributed by atoms with Gasteiger partial charge in [-0.15, -0.1) is 11.8 Å². The van der Waals surface area contributed by atoms with Crippen molar-refractivity contribution in [3.8, 4) is 0 Å². The van der Waals surface area contributed by atoms with Gasteiger partial charge in [-0.05, 0) is 36.8 Å². The molecule has 0 aromatic heterocycles. The largest absolute Gasteiger partial charge is 0.465 e. The van der Waals surface area contributed by atoms with E-state index in [-0.39, 0.29) is 29.6 Å². The molecule has 4 aliphatic heterocycles. The molecule has 0 saturated carbocycles. The molecule has 41 heavy (non-hydrogen) atoms. The van der Waals surface area contributed by atoms with Gasteiger partial charge >= 0.3 is 5.97 Å². The number of hydrogen-bond acceptors (Lipinski definition) is 6. The number of aliphatic hydroxyl groups excluding tert-OH is 1. The second-order valence-corrected chi connectivity index (χ2v) is 12.8. The number of carbonyl (C=O) groups is 3. The monoisotopic (exact) mass is 572 g/mol. The Labute approximate surface area is 245 Å². The van der Waals surface area contributed by atoms with Gasteiger partial charge in [-0.2, -0.15) is 0 Å². The average Bonchev–Trinajstić information content (AvgIpc) is 3.39. The van der Waals surface area contributed by atoms with Crippen molar-refractivity contribution in [2.24, 2.45) is 11.8 Å². The summed E-state index contributed by atoms with van der Waals surface area (Å²) in [4.78, 5) is 46.2. The minimum absolute atomic E-state index is 0.158. The van der Waals surface area contributed by atoms with Gasteiger partial charge in [-0.1, -0.05) is 85.0 Å². The van der Waals surface area contributed by atoms with Crippen molar-refractivity contribution in [1.29, 1.82) is 0 Å². The van der Waals surface area contributed by atoms with Gasteiger partial charge in [0.1, 0.15) is 6.04 Å². The van der Waals surface area contributed by atoms with Crippen molar-refractivity contribution < 1.29 is 24.2 Å². The van der Waals surface area contributed by atoms with Crippen LogP contribution in [0.2, 0.25) is 0 Å². The predicted octanol–water partition coefficient (Wildman–Crippen LogP) is 3.77. The molecule has 4 aliphatic rings. The quantitative estimate of drug-likeness (QED) is 0.419. The fourth-order valence-corrected chi connectivity index (χ4v) is 8.87. The Bertz CT molecular complexity index is 1330. The molecule has 6 rings (SSSR count). The number of ether oxygens (including phenoxy) is 1. The van der Waals surface area contributed by atoms with Crippen LogP contribution in [0.4, 0.5) is 0 Å².